The maximum atomic E-state index is 12.7. The van der Waals surface area contributed by atoms with Crippen LogP contribution in [0.1, 0.15) is 49.0 Å². The molecule has 1 heterocycles. The van der Waals surface area contributed by atoms with Crippen molar-refractivity contribution in [2.45, 2.75) is 45.1 Å². The molecule has 1 aliphatic rings. The molecule has 0 radical (unpaired) electrons. The number of hydrogen-bond donors (Lipinski definition) is 2. The molecule has 1 amide bonds. The number of carbonyl (C=O) groups is 1. The molecule has 0 aliphatic carbocycles. The van der Waals surface area contributed by atoms with Crippen LogP contribution in [0.25, 0.3) is 0 Å². The van der Waals surface area contributed by atoms with Crippen LogP contribution in [0.2, 0.25) is 0 Å². The summed E-state index contributed by atoms with van der Waals surface area (Å²) < 4.78 is 5.38. The minimum Gasteiger partial charge on any atom is -0.396 e. The molecule has 1 aliphatic heterocycles. The van der Waals surface area contributed by atoms with E-state index in [-0.39, 0.29) is 17.9 Å². The van der Waals surface area contributed by atoms with Crippen molar-refractivity contribution in [2.75, 3.05) is 33.4 Å². The van der Waals surface area contributed by atoms with Gasteiger partial charge in [0.05, 0.1) is 12.2 Å². The summed E-state index contributed by atoms with van der Waals surface area (Å²) >= 11 is 0. The topological polar surface area (TPSA) is 70.0 Å². The predicted molar refractivity (Wildman–Crippen MR) is 97.6 cm³/mol. The SMILES string of the molecule is CN(CC1(CO)CCOCC1)C(=O)c1ccc(CCC(C)(C)O)cc1. The zero-order chi connectivity index (χ0) is 18.5. The lowest BCUT2D eigenvalue weighted by atomic mass is 9.80. The molecule has 5 nitrogen and oxygen atoms in total. The highest BCUT2D eigenvalue weighted by Gasteiger charge is 2.34. The minimum absolute atomic E-state index is 0.0339. The van der Waals surface area contributed by atoms with E-state index in [0.29, 0.717) is 31.7 Å². The van der Waals surface area contributed by atoms with E-state index in [0.717, 1.165) is 24.8 Å². The first-order chi connectivity index (χ1) is 11.7. The van der Waals surface area contributed by atoms with Crippen LogP contribution in [0.5, 0.6) is 0 Å². The average Bonchev–Trinajstić information content (AvgIpc) is 2.60. The molecule has 5 heteroatoms. The van der Waals surface area contributed by atoms with Crippen molar-refractivity contribution in [2.24, 2.45) is 5.41 Å². The molecular weight excluding hydrogens is 318 g/mol. The summed E-state index contributed by atoms with van der Waals surface area (Å²) in [4.78, 5) is 14.4. The van der Waals surface area contributed by atoms with Crippen molar-refractivity contribution < 1.29 is 19.7 Å². The van der Waals surface area contributed by atoms with Gasteiger partial charge >= 0.3 is 0 Å². The Morgan fingerprint density at radius 1 is 1.24 bits per heavy atom. The van der Waals surface area contributed by atoms with Gasteiger partial charge in [-0.25, -0.2) is 0 Å². The Kier molecular flexibility index (Phi) is 6.60. The van der Waals surface area contributed by atoms with Gasteiger partial charge in [0.2, 0.25) is 0 Å². The number of amides is 1. The largest absolute Gasteiger partial charge is 0.396 e. The minimum atomic E-state index is -0.683. The molecule has 0 bridgehead atoms. The summed E-state index contributed by atoms with van der Waals surface area (Å²) in [5, 5.41) is 19.6. The van der Waals surface area contributed by atoms with E-state index in [4.69, 9.17) is 4.74 Å². The highest BCUT2D eigenvalue weighted by Crippen LogP contribution is 2.31. The Morgan fingerprint density at radius 3 is 2.36 bits per heavy atom. The molecule has 1 fully saturated rings. The lowest BCUT2D eigenvalue weighted by molar-refractivity contribution is -0.0282. The van der Waals surface area contributed by atoms with Gasteiger partial charge in [0, 0.05) is 37.8 Å². The van der Waals surface area contributed by atoms with Crippen LogP contribution in [-0.4, -0.2) is 60.0 Å². The van der Waals surface area contributed by atoms with Gasteiger partial charge < -0.3 is 19.8 Å². The molecule has 2 rings (SSSR count). The summed E-state index contributed by atoms with van der Waals surface area (Å²) in [6, 6.07) is 7.58. The highest BCUT2D eigenvalue weighted by atomic mass is 16.5. The maximum Gasteiger partial charge on any atom is 0.253 e. The molecule has 2 N–H and O–H groups in total. The molecule has 0 spiro atoms. The number of ether oxygens (including phenoxy) is 1. The first kappa shape index (κ1) is 19.9. The van der Waals surface area contributed by atoms with Gasteiger partial charge in [-0.2, -0.15) is 0 Å². The molecule has 0 saturated carbocycles. The van der Waals surface area contributed by atoms with E-state index in [9.17, 15) is 15.0 Å². The summed E-state index contributed by atoms with van der Waals surface area (Å²) in [6.45, 7) is 5.48. The van der Waals surface area contributed by atoms with Gasteiger partial charge in [0.15, 0.2) is 0 Å². The van der Waals surface area contributed by atoms with E-state index in [1.165, 1.54) is 0 Å². The molecule has 1 aromatic rings. The Hall–Kier alpha value is -1.43. The first-order valence-corrected chi connectivity index (χ1v) is 9.00. The second kappa shape index (κ2) is 8.30. The van der Waals surface area contributed by atoms with Crippen molar-refractivity contribution in [3.63, 3.8) is 0 Å². The zero-order valence-corrected chi connectivity index (χ0v) is 15.6. The van der Waals surface area contributed by atoms with E-state index in [2.05, 4.69) is 0 Å². The maximum absolute atomic E-state index is 12.7. The second-order valence-corrected chi connectivity index (χ2v) is 7.94. The fraction of sp³-hybridized carbons (Fsp3) is 0.650. The Morgan fingerprint density at radius 2 is 1.84 bits per heavy atom. The van der Waals surface area contributed by atoms with Gasteiger partial charge in [-0.1, -0.05) is 12.1 Å². The second-order valence-electron chi connectivity index (χ2n) is 7.94. The third-order valence-corrected chi connectivity index (χ3v) is 5.03. The van der Waals surface area contributed by atoms with Gasteiger partial charge in [-0.15, -0.1) is 0 Å². The fourth-order valence-corrected chi connectivity index (χ4v) is 3.23. The van der Waals surface area contributed by atoms with Gasteiger partial charge in [0.1, 0.15) is 0 Å². The van der Waals surface area contributed by atoms with Crippen LogP contribution in [0.4, 0.5) is 0 Å². The van der Waals surface area contributed by atoms with E-state index >= 15 is 0 Å². The predicted octanol–water partition coefficient (Wildman–Crippen LogP) is 2.25. The van der Waals surface area contributed by atoms with Crippen LogP contribution < -0.4 is 0 Å². The van der Waals surface area contributed by atoms with E-state index < -0.39 is 5.60 Å². The Bertz CT molecular complexity index is 556. The first-order valence-electron chi connectivity index (χ1n) is 9.00. The van der Waals surface area contributed by atoms with Crippen molar-refractivity contribution >= 4 is 5.91 Å². The molecule has 0 aromatic heterocycles. The standard InChI is InChI=1S/C20H31NO4/c1-19(2,24)9-8-16-4-6-17(7-5-16)18(23)21(3)14-20(15-22)10-12-25-13-11-20/h4-7,22,24H,8-15H2,1-3H3. The van der Waals surface area contributed by atoms with E-state index in [1.807, 2.05) is 24.3 Å². The normalized spacial score (nSPS) is 17.3. The summed E-state index contributed by atoms with van der Waals surface area (Å²) in [7, 11) is 1.79. The zero-order valence-electron chi connectivity index (χ0n) is 15.6. The third kappa shape index (κ3) is 5.80. The van der Waals surface area contributed by atoms with Crippen LogP contribution in [0.15, 0.2) is 24.3 Å². The molecular formula is C20H31NO4. The van der Waals surface area contributed by atoms with Crippen molar-refractivity contribution in [1.29, 1.82) is 0 Å². The Labute approximate surface area is 150 Å². The number of carbonyl (C=O) groups excluding carboxylic acids is 1. The third-order valence-electron chi connectivity index (χ3n) is 5.03. The number of aryl methyl sites for hydroxylation is 1. The lowest BCUT2D eigenvalue weighted by Crippen LogP contribution is -2.44. The highest BCUT2D eigenvalue weighted by molar-refractivity contribution is 5.94. The van der Waals surface area contributed by atoms with Gasteiger partial charge in [0.25, 0.3) is 5.91 Å². The summed E-state index contributed by atoms with van der Waals surface area (Å²) in [5.74, 6) is -0.0339. The Balaban J connectivity index is 1.97. The van der Waals surface area contributed by atoms with E-state index in [1.54, 1.807) is 25.8 Å². The summed E-state index contributed by atoms with van der Waals surface area (Å²) in [5.41, 5.74) is 0.819. The number of aliphatic hydroxyl groups excluding tert-OH is 1. The van der Waals surface area contributed by atoms with Gasteiger partial charge in [-0.05, 0) is 57.2 Å². The number of hydrogen-bond acceptors (Lipinski definition) is 4. The number of nitrogens with zero attached hydrogens (tertiary/aromatic N) is 1. The van der Waals surface area contributed by atoms with Crippen molar-refractivity contribution in [1.82, 2.24) is 4.90 Å². The number of aliphatic hydroxyl groups is 2. The molecule has 140 valence electrons. The van der Waals surface area contributed by atoms with Crippen LogP contribution >= 0.6 is 0 Å². The lowest BCUT2D eigenvalue weighted by Gasteiger charge is -2.38. The van der Waals surface area contributed by atoms with Crippen molar-refractivity contribution in [3.05, 3.63) is 35.4 Å². The molecule has 25 heavy (non-hydrogen) atoms. The van der Waals surface area contributed by atoms with Gasteiger partial charge in [-0.3, -0.25) is 4.79 Å². The fourth-order valence-electron chi connectivity index (χ4n) is 3.23. The molecule has 1 aromatic carbocycles. The van der Waals surface area contributed by atoms with Crippen LogP contribution in [0, 0.1) is 5.41 Å². The monoisotopic (exact) mass is 349 g/mol. The number of benzene rings is 1. The van der Waals surface area contributed by atoms with Crippen molar-refractivity contribution in [3.8, 4) is 0 Å². The number of rotatable bonds is 7. The molecule has 0 unspecified atom stereocenters. The quantitative estimate of drug-likeness (QED) is 0.792. The van der Waals surface area contributed by atoms with Crippen LogP contribution in [-0.2, 0) is 11.2 Å². The smallest absolute Gasteiger partial charge is 0.253 e. The van der Waals surface area contributed by atoms with Crippen LogP contribution in [0.3, 0.4) is 0 Å². The molecule has 0 atom stereocenters. The molecule has 1 saturated heterocycles. The summed E-state index contributed by atoms with van der Waals surface area (Å²) in [6.07, 6.45) is 3.01. The average molecular weight is 349 g/mol.